The fraction of sp³-hybridized carbons (Fsp3) is 0.320. The predicted molar refractivity (Wildman–Crippen MR) is 135 cm³/mol. The Kier molecular flexibility index (Phi) is 6.71. The van der Waals surface area contributed by atoms with Crippen LogP contribution in [0.2, 0.25) is 10.0 Å². The van der Waals surface area contributed by atoms with Crippen molar-refractivity contribution in [3.8, 4) is 22.8 Å². The van der Waals surface area contributed by atoms with E-state index in [1.807, 2.05) is 27.7 Å². The van der Waals surface area contributed by atoms with E-state index in [4.69, 9.17) is 37.3 Å². The molecule has 0 saturated heterocycles. The Balaban J connectivity index is 1.76. The molecule has 0 atom stereocenters. The van der Waals surface area contributed by atoms with Crippen molar-refractivity contribution in [2.24, 2.45) is 0 Å². The van der Waals surface area contributed by atoms with Crippen molar-refractivity contribution in [3.05, 3.63) is 79.9 Å². The van der Waals surface area contributed by atoms with Crippen LogP contribution in [-0.2, 0) is 12.0 Å². The molecule has 4 rings (SSSR count). The topological polar surface area (TPSA) is 95.9 Å². The molecule has 0 aliphatic rings. The quantitative estimate of drug-likeness (QED) is 0.333. The van der Waals surface area contributed by atoms with Crippen molar-refractivity contribution in [3.63, 3.8) is 0 Å². The third-order valence-electron chi connectivity index (χ3n) is 5.30. The molecule has 4 heterocycles. The maximum Gasteiger partial charge on any atom is 0.277 e. The lowest BCUT2D eigenvalue weighted by Crippen LogP contribution is -2.22. The average Bonchev–Trinajstić information content (AvgIpc) is 3.21. The molecule has 35 heavy (non-hydrogen) atoms. The first-order valence-electron chi connectivity index (χ1n) is 10.9. The third-order valence-corrected chi connectivity index (χ3v) is 5.94. The molecular weight excluding hydrogens is 489 g/mol. The largest absolute Gasteiger partial charge is 0.485 e. The van der Waals surface area contributed by atoms with E-state index in [1.54, 1.807) is 32.2 Å². The molecule has 0 fully saturated rings. The van der Waals surface area contributed by atoms with E-state index < -0.39 is 5.56 Å². The van der Waals surface area contributed by atoms with E-state index >= 15 is 0 Å². The molecule has 0 unspecified atom stereocenters. The van der Waals surface area contributed by atoms with Gasteiger partial charge in [-0.05, 0) is 25.5 Å². The van der Waals surface area contributed by atoms with E-state index in [1.165, 1.54) is 17.0 Å². The summed E-state index contributed by atoms with van der Waals surface area (Å²) >= 11 is 12.9. The van der Waals surface area contributed by atoms with Crippen LogP contribution >= 0.6 is 23.2 Å². The Morgan fingerprint density at radius 2 is 1.80 bits per heavy atom. The first-order chi connectivity index (χ1) is 16.5. The maximum atomic E-state index is 13.3. The smallest absolute Gasteiger partial charge is 0.277 e. The van der Waals surface area contributed by atoms with Crippen LogP contribution in [0, 0.1) is 20.8 Å². The van der Waals surface area contributed by atoms with Crippen LogP contribution in [0.25, 0.3) is 17.1 Å². The van der Waals surface area contributed by atoms with Gasteiger partial charge in [-0.25, -0.2) is 15.0 Å². The number of nitrogens with zero attached hydrogens (tertiary/aromatic N) is 5. The number of oxazole rings is 1. The highest BCUT2D eigenvalue weighted by Gasteiger charge is 2.21. The first-order valence-corrected chi connectivity index (χ1v) is 11.7. The van der Waals surface area contributed by atoms with Crippen LogP contribution in [0.1, 0.15) is 49.4 Å². The Bertz CT molecular complexity index is 1470. The number of hydrogen-bond donors (Lipinski definition) is 0. The molecule has 0 N–H and O–H groups in total. The Morgan fingerprint density at radius 1 is 1.06 bits per heavy atom. The fourth-order valence-corrected chi connectivity index (χ4v) is 3.89. The predicted octanol–water partition coefficient (Wildman–Crippen LogP) is 5.79. The fourth-order valence-electron chi connectivity index (χ4n) is 3.50. The second-order valence-electron chi connectivity index (χ2n) is 9.25. The summed E-state index contributed by atoms with van der Waals surface area (Å²) in [5.74, 6) is 1.47. The van der Waals surface area contributed by atoms with E-state index in [0.717, 1.165) is 5.56 Å². The van der Waals surface area contributed by atoms with Crippen molar-refractivity contribution < 1.29 is 9.15 Å². The molecule has 0 amide bonds. The summed E-state index contributed by atoms with van der Waals surface area (Å²) in [4.78, 5) is 31.2. The highest BCUT2D eigenvalue weighted by Crippen LogP contribution is 2.30. The summed E-state index contributed by atoms with van der Waals surface area (Å²) < 4.78 is 12.4. The molecule has 0 aromatic carbocycles. The van der Waals surface area contributed by atoms with Gasteiger partial charge in [0, 0.05) is 36.5 Å². The molecule has 0 aliphatic heterocycles. The van der Waals surface area contributed by atoms with Crippen molar-refractivity contribution in [2.45, 2.75) is 53.6 Å². The molecule has 0 aliphatic carbocycles. The van der Waals surface area contributed by atoms with Gasteiger partial charge < -0.3 is 9.15 Å². The highest BCUT2D eigenvalue weighted by molar-refractivity contribution is 6.33. The minimum Gasteiger partial charge on any atom is -0.485 e. The van der Waals surface area contributed by atoms with Crippen LogP contribution in [-0.4, -0.2) is 24.5 Å². The molecule has 4 aromatic rings. The van der Waals surface area contributed by atoms with Gasteiger partial charge in [-0.3, -0.25) is 14.3 Å². The van der Waals surface area contributed by atoms with Crippen molar-refractivity contribution >= 4 is 23.2 Å². The van der Waals surface area contributed by atoms with Gasteiger partial charge >= 0.3 is 0 Å². The lowest BCUT2D eigenvalue weighted by Gasteiger charge is -2.19. The zero-order valence-corrected chi connectivity index (χ0v) is 21.8. The van der Waals surface area contributed by atoms with Crippen molar-refractivity contribution in [1.29, 1.82) is 0 Å². The van der Waals surface area contributed by atoms with Crippen molar-refractivity contribution in [1.82, 2.24) is 24.5 Å². The number of rotatable bonds is 5. The summed E-state index contributed by atoms with van der Waals surface area (Å²) in [6.45, 7) is 11.7. The van der Waals surface area contributed by atoms with Gasteiger partial charge in [0.1, 0.15) is 35.2 Å². The number of aromatic nitrogens is 5. The molecule has 0 spiro atoms. The van der Waals surface area contributed by atoms with Gasteiger partial charge in [0.2, 0.25) is 0 Å². The minimum absolute atomic E-state index is 0.0709. The molecule has 0 saturated carbocycles. The highest BCUT2D eigenvalue weighted by atomic mass is 35.5. The summed E-state index contributed by atoms with van der Waals surface area (Å²) in [6, 6.07) is 3.41. The SMILES string of the molecule is Cc1nc(COc2cc(C)n(-c3cc(-c4nc(C(C)(C)C)ncc4C)ncc3Cl)c(=O)c2Cl)co1. The number of ether oxygens (including phenoxy) is 1. The van der Waals surface area contributed by atoms with Crippen LogP contribution in [0.5, 0.6) is 5.75 Å². The molecule has 4 aromatic heterocycles. The average molecular weight is 514 g/mol. The summed E-state index contributed by atoms with van der Waals surface area (Å²) in [5, 5.41) is 0.225. The van der Waals surface area contributed by atoms with E-state index in [2.05, 4.69) is 15.0 Å². The minimum atomic E-state index is -0.466. The van der Waals surface area contributed by atoms with Gasteiger partial charge in [-0.2, -0.15) is 0 Å². The van der Waals surface area contributed by atoms with E-state index in [0.29, 0.717) is 45.2 Å². The van der Waals surface area contributed by atoms with E-state index in [9.17, 15) is 4.79 Å². The second-order valence-corrected chi connectivity index (χ2v) is 10.0. The molecule has 0 radical (unpaired) electrons. The number of aryl methyl sites for hydroxylation is 3. The lowest BCUT2D eigenvalue weighted by molar-refractivity contribution is 0.300. The van der Waals surface area contributed by atoms with Crippen LogP contribution in [0.4, 0.5) is 0 Å². The zero-order valence-electron chi connectivity index (χ0n) is 20.3. The van der Waals surface area contributed by atoms with Crippen LogP contribution in [0.15, 0.2) is 40.0 Å². The van der Waals surface area contributed by atoms with E-state index in [-0.39, 0.29) is 22.8 Å². The normalized spacial score (nSPS) is 11.7. The monoisotopic (exact) mass is 513 g/mol. The number of hydrogen-bond acceptors (Lipinski definition) is 7. The number of halogens is 2. The van der Waals surface area contributed by atoms with Gasteiger partial charge in [-0.1, -0.05) is 44.0 Å². The standard InChI is InChI=1S/C25H25Cl2N5O3/c1-13-9-29-24(25(4,5)6)31-22(13)18-8-19(17(26)10-28-18)32-14(2)7-20(21(27)23(32)33)35-12-16-11-34-15(3)30-16/h7-11H,12H2,1-6H3. The Morgan fingerprint density at radius 3 is 2.46 bits per heavy atom. The zero-order chi connectivity index (χ0) is 25.5. The summed E-state index contributed by atoms with van der Waals surface area (Å²) in [6.07, 6.45) is 4.77. The third kappa shape index (κ3) is 5.09. The molecule has 10 heteroatoms. The Labute approximate surface area is 213 Å². The van der Waals surface area contributed by atoms with Crippen LogP contribution in [0.3, 0.4) is 0 Å². The van der Waals surface area contributed by atoms with Gasteiger partial charge in [0.05, 0.1) is 22.1 Å². The summed E-state index contributed by atoms with van der Waals surface area (Å²) in [7, 11) is 0. The maximum absolute atomic E-state index is 13.3. The van der Waals surface area contributed by atoms with Crippen molar-refractivity contribution in [2.75, 3.05) is 0 Å². The van der Waals surface area contributed by atoms with Gasteiger partial charge in [-0.15, -0.1) is 0 Å². The Hall–Kier alpha value is -3.23. The lowest BCUT2D eigenvalue weighted by atomic mass is 9.95. The summed E-state index contributed by atoms with van der Waals surface area (Å²) in [5.41, 5.74) is 3.01. The second kappa shape index (κ2) is 9.43. The molecule has 8 nitrogen and oxygen atoms in total. The van der Waals surface area contributed by atoms with Gasteiger partial charge in [0.15, 0.2) is 5.89 Å². The number of pyridine rings is 2. The van der Waals surface area contributed by atoms with Gasteiger partial charge in [0.25, 0.3) is 5.56 Å². The molecule has 0 bridgehead atoms. The first kappa shape index (κ1) is 24.9. The molecular formula is C25H25Cl2N5O3. The molecule has 182 valence electrons. The van der Waals surface area contributed by atoms with Crippen LogP contribution < -0.4 is 10.3 Å².